The average Bonchev–Trinajstić information content (AvgIpc) is 2.80. The molecule has 1 aromatic carbocycles. The Morgan fingerprint density at radius 2 is 2.21 bits per heavy atom. The second kappa shape index (κ2) is 6.73. The Bertz CT molecular complexity index is 522. The summed E-state index contributed by atoms with van der Waals surface area (Å²) in [4.78, 5) is 0. The quantitative estimate of drug-likeness (QED) is 0.823. The number of benzene rings is 1. The van der Waals surface area contributed by atoms with E-state index in [4.69, 9.17) is 11.6 Å². The molecule has 0 saturated heterocycles. The molecule has 0 aliphatic rings. The average molecular weight is 278 g/mol. The highest BCUT2D eigenvalue weighted by atomic mass is 35.5. The largest absolute Gasteiger partial charge is 0.316 e. The molecule has 102 valence electrons. The third kappa shape index (κ3) is 4.08. The molecule has 1 heterocycles. The van der Waals surface area contributed by atoms with Crippen LogP contribution < -0.4 is 5.32 Å². The molecule has 2 rings (SSSR count). The molecule has 19 heavy (non-hydrogen) atoms. The number of rotatable bonds is 6. The number of hydrogen-bond donors (Lipinski definition) is 1. The van der Waals surface area contributed by atoms with Crippen molar-refractivity contribution in [2.75, 3.05) is 13.1 Å². The maximum atomic E-state index is 6.01. The summed E-state index contributed by atoms with van der Waals surface area (Å²) < 4.78 is 1.92. The molecule has 1 aromatic heterocycles. The summed E-state index contributed by atoms with van der Waals surface area (Å²) >= 11 is 6.01. The monoisotopic (exact) mass is 277 g/mol. The van der Waals surface area contributed by atoms with Gasteiger partial charge in [0.15, 0.2) is 0 Å². The number of nitrogens with one attached hydrogen (secondary N) is 1. The molecular weight excluding hydrogens is 258 g/mol. The van der Waals surface area contributed by atoms with Crippen molar-refractivity contribution >= 4 is 11.6 Å². The fourth-order valence-corrected chi connectivity index (χ4v) is 2.31. The van der Waals surface area contributed by atoms with Crippen LogP contribution in [0.15, 0.2) is 36.5 Å². The summed E-state index contributed by atoms with van der Waals surface area (Å²) in [6, 6.07) is 10.1. The standard InChI is InChI=1S/C15H20ClN3/c1-12(13-4-3-5-14(16)10-13)11-17-8-6-15-7-9-18-19(15)2/h3-5,7,9-10,12,17H,6,8,11H2,1-2H3. The Balaban J connectivity index is 1.75. The topological polar surface area (TPSA) is 29.9 Å². The van der Waals surface area contributed by atoms with Crippen molar-refractivity contribution < 1.29 is 0 Å². The van der Waals surface area contributed by atoms with E-state index in [1.807, 2.05) is 36.1 Å². The highest BCUT2D eigenvalue weighted by Gasteiger charge is 2.05. The fraction of sp³-hybridized carbons (Fsp3) is 0.400. The van der Waals surface area contributed by atoms with Crippen LogP contribution in [0.2, 0.25) is 5.02 Å². The molecule has 0 amide bonds. The van der Waals surface area contributed by atoms with Gasteiger partial charge >= 0.3 is 0 Å². The van der Waals surface area contributed by atoms with Crippen LogP contribution in [-0.4, -0.2) is 22.9 Å². The van der Waals surface area contributed by atoms with E-state index in [9.17, 15) is 0 Å². The van der Waals surface area contributed by atoms with Crippen LogP contribution in [0.3, 0.4) is 0 Å². The molecule has 0 spiro atoms. The summed E-state index contributed by atoms with van der Waals surface area (Å²) in [6.45, 7) is 4.13. The lowest BCUT2D eigenvalue weighted by molar-refractivity contribution is 0.599. The zero-order chi connectivity index (χ0) is 13.7. The third-order valence-corrected chi connectivity index (χ3v) is 3.58. The molecule has 1 unspecified atom stereocenters. The molecule has 4 heteroatoms. The lowest BCUT2D eigenvalue weighted by Crippen LogP contribution is -2.23. The number of aryl methyl sites for hydroxylation is 1. The van der Waals surface area contributed by atoms with Crippen LogP contribution in [0.4, 0.5) is 0 Å². The van der Waals surface area contributed by atoms with Gasteiger partial charge in [-0.2, -0.15) is 5.10 Å². The van der Waals surface area contributed by atoms with Gasteiger partial charge in [0.05, 0.1) is 0 Å². The van der Waals surface area contributed by atoms with E-state index in [1.54, 1.807) is 0 Å². The Morgan fingerprint density at radius 3 is 2.89 bits per heavy atom. The zero-order valence-electron chi connectivity index (χ0n) is 11.4. The number of hydrogen-bond acceptors (Lipinski definition) is 2. The van der Waals surface area contributed by atoms with E-state index in [0.29, 0.717) is 5.92 Å². The van der Waals surface area contributed by atoms with Crippen molar-refractivity contribution in [3.05, 3.63) is 52.8 Å². The predicted octanol–water partition coefficient (Wildman–Crippen LogP) is 3.01. The van der Waals surface area contributed by atoms with Crippen molar-refractivity contribution in [2.24, 2.45) is 7.05 Å². The molecule has 2 aromatic rings. The minimum Gasteiger partial charge on any atom is -0.316 e. The zero-order valence-corrected chi connectivity index (χ0v) is 12.2. The van der Waals surface area contributed by atoms with E-state index >= 15 is 0 Å². The van der Waals surface area contributed by atoms with E-state index in [2.05, 4.69) is 29.5 Å². The first-order valence-electron chi connectivity index (χ1n) is 6.60. The van der Waals surface area contributed by atoms with Gasteiger partial charge in [0.1, 0.15) is 0 Å². The molecule has 0 fully saturated rings. The first kappa shape index (κ1) is 14.1. The summed E-state index contributed by atoms with van der Waals surface area (Å²) in [5.74, 6) is 0.463. The summed E-state index contributed by atoms with van der Waals surface area (Å²) in [7, 11) is 1.98. The molecule has 1 N–H and O–H groups in total. The second-order valence-corrected chi connectivity index (χ2v) is 5.29. The lowest BCUT2D eigenvalue weighted by Gasteiger charge is -2.13. The van der Waals surface area contributed by atoms with Gasteiger partial charge in [0.25, 0.3) is 0 Å². The molecule has 0 aliphatic carbocycles. The fourth-order valence-electron chi connectivity index (χ4n) is 2.11. The predicted molar refractivity (Wildman–Crippen MR) is 79.6 cm³/mol. The molecule has 0 bridgehead atoms. The first-order chi connectivity index (χ1) is 9.16. The van der Waals surface area contributed by atoms with Crippen molar-refractivity contribution in [2.45, 2.75) is 19.3 Å². The summed E-state index contributed by atoms with van der Waals surface area (Å²) in [6.07, 6.45) is 2.84. The van der Waals surface area contributed by atoms with Crippen LogP contribution in [0.1, 0.15) is 24.1 Å². The van der Waals surface area contributed by atoms with Crippen LogP contribution in [0, 0.1) is 0 Å². The van der Waals surface area contributed by atoms with E-state index in [0.717, 1.165) is 24.5 Å². The normalized spacial score (nSPS) is 12.6. The number of nitrogens with zero attached hydrogens (tertiary/aromatic N) is 2. The number of halogens is 1. The van der Waals surface area contributed by atoms with Gasteiger partial charge in [0.2, 0.25) is 0 Å². The van der Waals surface area contributed by atoms with E-state index in [-0.39, 0.29) is 0 Å². The SMILES string of the molecule is CC(CNCCc1ccnn1C)c1cccc(Cl)c1. The summed E-state index contributed by atoms with van der Waals surface area (Å²) in [5.41, 5.74) is 2.53. The van der Waals surface area contributed by atoms with Gasteiger partial charge in [-0.1, -0.05) is 30.7 Å². The first-order valence-corrected chi connectivity index (χ1v) is 6.97. The smallest absolute Gasteiger partial charge is 0.0492 e. The molecule has 0 radical (unpaired) electrons. The maximum Gasteiger partial charge on any atom is 0.0492 e. The van der Waals surface area contributed by atoms with Crippen molar-refractivity contribution in [3.63, 3.8) is 0 Å². The van der Waals surface area contributed by atoms with Gasteiger partial charge < -0.3 is 5.32 Å². The minimum atomic E-state index is 0.463. The van der Waals surface area contributed by atoms with E-state index < -0.39 is 0 Å². The maximum absolute atomic E-state index is 6.01. The van der Waals surface area contributed by atoms with Crippen molar-refractivity contribution in [1.82, 2.24) is 15.1 Å². The molecular formula is C15H20ClN3. The van der Waals surface area contributed by atoms with Gasteiger partial charge in [-0.25, -0.2) is 0 Å². The third-order valence-electron chi connectivity index (χ3n) is 3.35. The highest BCUT2D eigenvalue weighted by Crippen LogP contribution is 2.18. The second-order valence-electron chi connectivity index (χ2n) is 4.86. The van der Waals surface area contributed by atoms with Crippen molar-refractivity contribution in [3.8, 4) is 0 Å². The Labute approximate surface area is 119 Å². The molecule has 0 aliphatic heterocycles. The number of aromatic nitrogens is 2. The Hall–Kier alpha value is -1.32. The Morgan fingerprint density at radius 1 is 1.37 bits per heavy atom. The minimum absolute atomic E-state index is 0.463. The van der Waals surface area contributed by atoms with Crippen LogP contribution in [0.25, 0.3) is 0 Å². The van der Waals surface area contributed by atoms with E-state index in [1.165, 1.54) is 11.3 Å². The lowest BCUT2D eigenvalue weighted by atomic mass is 10.0. The summed E-state index contributed by atoms with van der Waals surface area (Å²) in [5, 5.41) is 8.45. The van der Waals surface area contributed by atoms with Crippen molar-refractivity contribution in [1.29, 1.82) is 0 Å². The van der Waals surface area contributed by atoms with Crippen LogP contribution in [-0.2, 0) is 13.5 Å². The molecule has 0 saturated carbocycles. The van der Waals surface area contributed by atoms with Crippen LogP contribution >= 0.6 is 11.6 Å². The molecule has 1 atom stereocenters. The molecule has 3 nitrogen and oxygen atoms in total. The Kier molecular flexibility index (Phi) is 5.00. The van der Waals surface area contributed by atoms with Gasteiger partial charge in [-0.15, -0.1) is 0 Å². The van der Waals surface area contributed by atoms with Gasteiger partial charge in [-0.05, 0) is 29.7 Å². The van der Waals surface area contributed by atoms with Gasteiger partial charge in [0, 0.05) is 43.5 Å². The van der Waals surface area contributed by atoms with Gasteiger partial charge in [-0.3, -0.25) is 4.68 Å². The highest BCUT2D eigenvalue weighted by molar-refractivity contribution is 6.30. The van der Waals surface area contributed by atoms with Crippen LogP contribution in [0.5, 0.6) is 0 Å².